The summed E-state index contributed by atoms with van der Waals surface area (Å²) in [4.78, 5) is 15.8. The van der Waals surface area contributed by atoms with Gasteiger partial charge >= 0.3 is 0 Å². The third-order valence-corrected chi connectivity index (χ3v) is 8.38. The second kappa shape index (κ2) is 6.21. The Bertz CT molecular complexity index is 865. The molecule has 1 N–H and O–H groups in total. The van der Waals surface area contributed by atoms with Crippen LogP contribution in [0.4, 0.5) is 0 Å². The van der Waals surface area contributed by atoms with Gasteiger partial charge in [-0.3, -0.25) is 9.69 Å². The number of benzene rings is 1. The number of likely N-dealkylation sites (tertiary alicyclic amines) is 1. The fourth-order valence-electron chi connectivity index (χ4n) is 6.93. The summed E-state index contributed by atoms with van der Waals surface area (Å²) in [6.07, 6.45) is 7.40. The van der Waals surface area contributed by atoms with Crippen molar-refractivity contribution in [3.63, 3.8) is 0 Å². The average Bonchev–Trinajstić information content (AvgIpc) is 3.45. The number of hydrogen-bond donors (Lipinski definition) is 1. The zero-order valence-electron chi connectivity index (χ0n) is 17.3. The van der Waals surface area contributed by atoms with Crippen LogP contribution in [0.2, 0.25) is 0 Å². The van der Waals surface area contributed by atoms with Gasteiger partial charge in [-0.2, -0.15) is 0 Å². The highest BCUT2D eigenvalue weighted by Gasteiger charge is 2.74. The summed E-state index contributed by atoms with van der Waals surface area (Å²) in [7, 11) is 0. The van der Waals surface area contributed by atoms with Crippen LogP contribution < -0.4 is 4.74 Å². The molecule has 3 aliphatic carbocycles. The molecule has 0 radical (unpaired) electrons. The van der Waals surface area contributed by atoms with E-state index >= 15 is 0 Å². The third-order valence-electron chi connectivity index (χ3n) is 8.38. The summed E-state index contributed by atoms with van der Waals surface area (Å²) in [6.45, 7) is 5.06. The molecule has 2 aliphatic heterocycles. The minimum Gasteiger partial charge on any atom is -0.504 e. The van der Waals surface area contributed by atoms with Crippen LogP contribution in [0.5, 0.6) is 11.5 Å². The molecule has 5 heteroatoms. The maximum atomic E-state index is 13.1. The molecule has 5 nitrogen and oxygen atoms in total. The Kier molecular flexibility index (Phi) is 3.90. The number of piperidine rings is 1. The summed E-state index contributed by atoms with van der Waals surface area (Å²) in [5.74, 6) is 1.73. The van der Waals surface area contributed by atoms with Crippen molar-refractivity contribution in [2.45, 2.75) is 81.5 Å². The molecule has 1 unspecified atom stereocenters. The number of hydrogen-bond acceptors (Lipinski definition) is 5. The lowest BCUT2D eigenvalue weighted by atomic mass is 9.48. The molecule has 3 fully saturated rings. The molecule has 0 aromatic heterocycles. The Labute approximate surface area is 172 Å². The van der Waals surface area contributed by atoms with Gasteiger partial charge in [0.2, 0.25) is 0 Å². The van der Waals surface area contributed by atoms with E-state index in [1.807, 2.05) is 0 Å². The summed E-state index contributed by atoms with van der Waals surface area (Å²) in [6, 6.07) is 4.10. The van der Waals surface area contributed by atoms with Crippen molar-refractivity contribution >= 4 is 5.78 Å². The molecule has 1 aromatic carbocycles. The van der Waals surface area contributed by atoms with Gasteiger partial charge in [0.1, 0.15) is 0 Å². The second-order valence-electron chi connectivity index (χ2n) is 9.88. The largest absolute Gasteiger partial charge is 0.504 e. The van der Waals surface area contributed by atoms with Gasteiger partial charge in [-0.15, -0.1) is 0 Å². The predicted octanol–water partition coefficient (Wildman–Crippen LogP) is 3.35. The first-order valence-electron chi connectivity index (χ1n) is 11.5. The highest BCUT2D eigenvalue weighted by Crippen LogP contribution is 2.66. The van der Waals surface area contributed by atoms with Gasteiger partial charge in [-0.05, 0) is 62.6 Å². The quantitative estimate of drug-likeness (QED) is 0.746. The normalized spacial score (nSPS) is 37.3. The molecule has 6 rings (SSSR count). The molecule has 2 bridgehead atoms. The molecule has 29 heavy (non-hydrogen) atoms. The van der Waals surface area contributed by atoms with Crippen LogP contribution in [-0.4, -0.2) is 53.2 Å². The molecule has 0 amide bonds. The number of carbonyl (C=O) groups excluding carboxylic acids is 1. The monoisotopic (exact) mass is 397 g/mol. The number of phenols is 1. The Morgan fingerprint density at radius 2 is 2.17 bits per heavy atom. The van der Waals surface area contributed by atoms with Gasteiger partial charge in [0, 0.05) is 31.2 Å². The molecule has 4 atom stereocenters. The van der Waals surface area contributed by atoms with Gasteiger partial charge < -0.3 is 14.6 Å². The number of nitrogens with zero attached hydrogens (tertiary/aromatic N) is 1. The predicted molar refractivity (Wildman–Crippen MR) is 108 cm³/mol. The fraction of sp³-hybridized carbons (Fsp3) is 0.708. The number of phenolic OH excluding ortho intramolecular Hbond substituents is 1. The van der Waals surface area contributed by atoms with E-state index in [1.165, 1.54) is 18.4 Å². The number of rotatable bonds is 6. The van der Waals surface area contributed by atoms with Crippen LogP contribution >= 0.6 is 0 Å². The van der Waals surface area contributed by atoms with Crippen LogP contribution in [0, 0.1) is 5.92 Å². The lowest BCUT2D eigenvalue weighted by Gasteiger charge is -2.64. The maximum Gasteiger partial charge on any atom is 0.174 e. The molecule has 2 saturated carbocycles. The van der Waals surface area contributed by atoms with Crippen LogP contribution in [0.3, 0.4) is 0 Å². The average molecular weight is 398 g/mol. The van der Waals surface area contributed by atoms with Crippen molar-refractivity contribution in [3.05, 3.63) is 23.3 Å². The minimum atomic E-state index is -0.509. The SMILES string of the molecule is CCCCOC12CCC(=O)[C@@H]3Oc4c(O)ccc5c4[C@@]31CCN(CC1CC1)[C@@H]2C5. The Balaban J connectivity index is 1.54. The first kappa shape index (κ1) is 18.2. The molecule has 5 aliphatic rings. The van der Waals surface area contributed by atoms with Gasteiger partial charge in [0.05, 0.1) is 11.0 Å². The van der Waals surface area contributed by atoms with E-state index in [2.05, 4.69) is 17.9 Å². The summed E-state index contributed by atoms with van der Waals surface area (Å²) in [5, 5.41) is 10.6. The van der Waals surface area contributed by atoms with Crippen molar-refractivity contribution in [2.24, 2.45) is 5.92 Å². The highest BCUT2D eigenvalue weighted by atomic mass is 16.5. The van der Waals surface area contributed by atoms with E-state index in [0.29, 0.717) is 12.2 Å². The zero-order valence-corrected chi connectivity index (χ0v) is 17.3. The summed E-state index contributed by atoms with van der Waals surface area (Å²) < 4.78 is 13.2. The number of ether oxygens (including phenoxy) is 2. The third kappa shape index (κ3) is 2.26. The topological polar surface area (TPSA) is 59.0 Å². The zero-order chi connectivity index (χ0) is 19.8. The van der Waals surface area contributed by atoms with Gasteiger partial charge in [0.25, 0.3) is 0 Å². The Morgan fingerprint density at radius 1 is 1.31 bits per heavy atom. The lowest BCUT2D eigenvalue weighted by molar-refractivity contribution is -0.214. The fourth-order valence-corrected chi connectivity index (χ4v) is 6.93. The van der Waals surface area contributed by atoms with Crippen LogP contribution in [0.25, 0.3) is 0 Å². The van der Waals surface area contributed by atoms with E-state index in [1.54, 1.807) is 6.07 Å². The van der Waals surface area contributed by atoms with E-state index in [-0.39, 0.29) is 23.2 Å². The molecular weight excluding hydrogens is 366 g/mol. The van der Waals surface area contributed by atoms with Gasteiger partial charge in [0.15, 0.2) is 23.4 Å². The van der Waals surface area contributed by atoms with E-state index in [9.17, 15) is 9.90 Å². The van der Waals surface area contributed by atoms with Crippen LogP contribution in [-0.2, 0) is 21.4 Å². The Hall–Kier alpha value is -1.59. The van der Waals surface area contributed by atoms with E-state index in [0.717, 1.165) is 63.3 Å². The first-order chi connectivity index (χ1) is 14.1. The molecule has 1 aromatic rings. The van der Waals surface area contributed by atoms with Crippen molar-refractivity contribution < 1.29 is 19.4 Å². The summed E-state index contributed by atoms with van der Waals surface area (Å²) in [5.41, 5.74) is 1.51. The van der Waals surface area contributed by atoms with E-state index in [4.69, 9.17) is 9.47 Å². The smallest absolute Gasteiger partial charge is 0.174 e. The second-order valence-corrected chi connectivity index (χ2v) is 9.88. The number of carbonyl (C=O) groups is 1. The van der Waals surface area contributed by atoms with Gasteiger partial charge in [-0.1, -0.05) is 19.4 Å². The summed E-state index contributed by atoms with van der Waals surface area (Å²) >= 11 is 0. The number of unbranched alkanes of at least 4 members (excludes halogenated alkanes) is 1. The minimum absolute atomic E-state index is 0.168. The standard InChI is InChI=1S/C24H31NO4/c1-2-3-12-28-24-9-8-18(27)22-23(24)10-11-25(14-15-4-5-15)19(24)13-16-6-7-17(26)21(29-22)20(16)23/h6-7,15,19,22,26H,2-5,8-14H2,1H3/t19-,22+,23+,24?/m1/s1. The molecule has 1 saturated heterocycles. The van der Waals surface area contributed by atoms with Crippen LogP contribution in [0.1, 0.15) is 63.0 Å². The van der Waals surface area contributed by atoms with Gasteiger partial charge in [-0.25, -0.2) is 0 Å². The highest BCUT2D eigenvalue weighted by molar-refractivity contribution is 5.90. The number of Topliss-reactive ketones (excluding diaryl/α,β-unsaturated/α-hetero) is 1. The first-order valence-corrected chi connectivity index (χ1v) is 11.5. The lowest BCUT2D eigenvalue weighted by Crippen LogP contribution is -2.77. The molecule has 1 spiro atoms. The maximum absolute atomic E-state index is 13.1. The number of aromatic hydroxyl groups is 1. The number of ketones is 1. The Morgan fingerprint density at radius 3 is 2.97 bits per heavy atom. The van der Waals surface area contributed by atoms with Crippen molar-refractivity contribution in [2.75, 3.05) is 19.7 Å². The molecule has 156 valence electrons. The molecule has 2 heterocycles. The van der Waals surface area contributed by atoms with Crippen molar-refractivity contribution in [1.29, 1.82) is 0 Å². The van der Waals surface area contributed by atoms with Crippen molar-refractivity contribution in [3.8, 4) is 11.5 Å². The van der Waals surface area contributed by atoms with E-state index < -0.39 is 11.5 Å². The molecular formula is C24H31NO4. The van der Waals surface area contributed by atoms with Crippen LogP contribution in [0.15, 0.2) is 12.1 Å². The van der Waals surface area contributed by atoms with Crippen molar-refractivity contribution in [1.82, 2.24) is 4.90 Å².